The first-order chi connectivity index (χ1) is 8.16. The molecule has 5 heteroatoms. The fraction of sp³-hybridized carbons (Fsp3) is 1.00. The molecule has 4 nitrogen and oxygen atoms in total. The van der Waals surface area contributed by atoms with E-state index in [2.05, 4.69) is 27.7 Å². The summed E-state index contributed by atoms with van der Waals surface area (Å²) < 4.78 is 17.9. The van der Waals surface area contributed by atoms with Crippen LogP contribution in [-0.2, 0) is 13.3 Å². The third-order valence-electron chi connectivity index (χ3n) is 2.48. The Kier molecular flexibility index (Phi) is 10.1. The molecule has 0 aliphatic carbocycles. The molecular weight excluding hydrogens is 234 g/mol. The number of rotatable bonds is 11. The van der Waals surface area contributed by atoms with Gasteiger partial charge in [0.25, 0.3) is 0 Å². The molecule has 0 spiro atoms. The lowest BCUT2D eigenvalue weighted by molar-refractivity contribution is 0.0516. The lowest BCUT2D eigenvalue weighted by atomic mass is 10.5. The van der Waals surface area contributed by atoms with Gasteiger partial charge in [-0.2, -0.15) is 0 Å². The van der Waals surface area contributed by atoms with E-state index in [1.54, 1.807) is 0 Å². The first-order valence-corrected chi connectivity index (χ1v) is 8.58. The molecule has 0 saturated heterocycles. The van der Waals surface area contributed by atoms with Crippen molar-refractivity contribution in [3.05, 3.63) is 0 Å². The molecule has 0 radical (unpaired) electrons. The Bertz CT molecular complexity index is 159. The van der Waals surface area contributed by atoms with Crippen molar-refractivity contribution in [3.8, 4) is 0 Å². The molecule has 104 valence electrons. The third kappa shape index (κ3) is 5.97. The largest absolute Gasteiger partial charge is 0.505 e. The lowest BCUT2D eigenvalue weighted by Crippen LogP contribution is -2.52. The summed E-state index contributed by atoms with van der Waals surface area (Å²) in [6, 6.07) is 0. The summed E-state index contributed by atoms with van der Waals surface area (Å²) in [5.41, 5.74) is 5.93. The van der Waals surface area contributed by atoms with Crippen LogP contribution in [0.5, 0.6) is 0 Å². The predicted molar refractivity (Wildman–Crippen MR) is 73.0 cm³/mol. The van der Waals surface area contributed by atoms with Gasteiger partial charge < -0.3 is 19.0 Å². The fourth-order valence-electron chi connectivity index (χ4n) is 1.43. The van der Waals surface area contributed by atoms with Crippen LogP contribution in [0.4, 0.5) is 0 Å². The van der Waals surface area contributed by atoms with Crippen LogP contribution in [0.25, 0.3) is 0 Å². The SMILES string of the molecule is CCCO[Si](OCCC)(OCCC)C(C)CN. The first-order valence-electron chi connectivity index (χ1n) is 6.78. The molecule has 0 bridgehead atoms. The van der Waals surface area contributed by atoms with E-state index in [9.17, 15) is 0 Å². The van der Waals surface area contributed by atoms with Crippen LogP contribution < -0.4 is 5.73 Å². The van der Waals surface area contributed by atoms with Gasteiger partial charge in [-0.1, -0.05) is 27.7 Å². The first kappa shape index (κ1) is 17.1. The van der Waals surface area contributed by atoms with Gasteiger partial charge in [0.15, 0.2) is 0 Å². The van der Waals surface area contributed by atoms with Crippen molar-refractivity contribution in [2.24, 2.45) is 5.73 Å². The van der Waals surface area contributed by atoms with Crippen molar-refractivity contribution in [3.63, 3.8) is 0 Å². The molecule has 1 atom stereocenters. The molecule has 0 aromatic carbocycles. The van der Waals surface area contributed by atoms with Crippen molar-refractivity contribution < 1.29 is 13.3 Å². The molecule has 2 N–H and O–H groups in total. The summed E-state index contributed by atoms with van der Waals surface area (Å²) in [4.78, 5) is 0. The average molecular weight is 263 g/mol. The summed E-state index contributed by atoms with van der Waals surface area (Å²) in [5.74, 6) is 0. The minimum atomic E-state index is -2.59. The van der Waals surface area contributed by atoms with E-state index in [1.165, 1.54) is 0 Å². The van der Waals surface area contributed by atoms with E-state index in [-0.39, 0.29) is 5.54 Å². The van der Waals surface area contributed by atoms with Gasteiger partial charge in [0.1, 0.15) is 0 Å². The van der Waals surface area contributed by atoms with Gasteiger partial charge in [0, 0.05) is 25.4 Å². The molecule has 0 fully saturated rings. The zero-order chi connectivity index (χ0) is 13.1. The highest BCUT2D eigenvalue weighted by atomic mass is 28.4. The normalized spacial score (nSPS) is 13.9. The van der Waals surface area contributed by atoms with Crippen molar-refractivity contribution in [1.82, 2.24) is 0 Å². The second-order valence-corrected chi connectivity index (χ2v) is 7.34. The molecule has 1 unspecified atom stereocenters. The standard InChI is InChI=1S/C12H29NO3Si/c1-5-8-14-17(12(4)11-13,15-9-6-2)16-10-7-3/h12H,5-11,13H2,1-4H3. The van der Waals surface area contributed by atoms with Crippen LogP contribution in [0, 0.1) is 0 Å². The maximum Gasteiger partial charge on any atom is 0.505 e. The minimum absolute atomic E-state index is 0.159. The summed E-state index contributed by atoms with van der Waals surface area (Å²) in [6.07, 6.45) is 2.91. The van der Waals surface area contributed by atoms with Crippen molar-refractivity contribution in [2.75, 3.05) is 26.4 Å². The van der Waals surface area contributed by atoms with Gasteiger partial charge in [-0.25, -0.2) is 0 Å². The Morgan fingerprint density at radius 1 is 0.882 bits per heavy atom. The zero-order valence-electron chi connectivity index (χ0n) is 11.8. The van der Waals surface area contributed by atoms with Crippen LogP contribution in [-0.4, -0.2) is 35.2 Å². The Hall–Kier alpha value is 0.0569. The van der Waals surface area contributed by atoms with Gasteiger partial charge >= 0.3 is 8.80 Å². The molecule has 0 rings (SSSR count). The highest BCUT2D eigenvalue weighted by Gasteiger charge is 2.46. The summed E-state index contributed by atoms with van der Waals surface area (Å²) in [6.45, 7) is 10.9. The minimum Gasteiger partial charge on any atom is -0.373 e. The molecular formula is C12H29NO3Si. The van der Waals surface area contributed by atoms with Crippen LogP contribution in [0.2, 0.25) is 5.54 Å². The fourth-order valence-corrected chi connectivity index (χ4v) is 4.29. The molecule has 0 saturated carbocycles. The number of hydrogen-bond acceptors (Lipinski definition) is 4. The van der Waals surface area contributed by atoms with E-state index < -0.39 is 8.80 Å². The van der Waals surface area contributed by atoms with E-state index in [4.69, 9.17) is 19.0 Å². The molecule has 0 aliphatic heterocycles. The van der Waals surface area contributed by atoms with Crippen molar-refractivity contribution in [1.29, 1.82) is 0 Å². The lowest BCUT2D eigenvalue weighted by Gasteiger charge is -2.33. The van der Waals surface area contributed by atoms with Crippen molar-refractivity contribution in [2.45, 2.75) is 52.5 Å². The van der Waals surface area contributed by atoms with Crippen LogP contribution >= 0.6 is 0 Å². The van der Waals surface area contributed by atoms with Gasteiger partial charge in [0.05, 0.1) is 0 Å². The predicted octanol–water partition coefficient (Wildman–Crippen LogP) is 2.55. The highest BCUT2D eigenvalue weighted by molar-refractivity contribution is 6.62. The summed E-state index contributed by atoms with van der Waals surface area (Å²) >= 11 is 0. The molecule has 0 amide bonds. The topological polar surface area (TPSA) is 53.7 Å². The van der Waals surface area contributed by atoms with E-state index >= 15 is 0 Å². The Morgan fingerprint density at radius 2 is 1.24 bits per heavy atom. The van der Waals surface area contributed by atoms with Crippen molar-refractivity contribution >= 4 is 8.80 Å². The van der Waals surface area contributed by atoms with Gasteiger partial charge in [-0.15, -0.1) is 0 Å². The molecule has 0 aromatic rings. The molecule has 17 heavy (non-hydrogen) atoms. The van der Waals surface area contributed by atoms with Crippen LogP contribution in [0.3, 0.4) is 0 Å². The molecule has 0 aliphatic rings. The second kappa shape index (κ2) is 10.0. The number of nitrogens with two attached hydrogens (primary N) is 1. The smallest absolute Gasteiger partial charge is 0.373 e. The maximum atomic E-state index is 5.95. The average Bonchev–Trinajstić information content (AvgIpc) is 2.37. The molecule has 0 heterocycles. The number of hydrogen-bond donors (Lipinski definition) is 1. The van der Waals surface area contributed by atoms with Crippen LogP contribution in [0.1, 0.15) is 47.0 Å². The highest BCUT2D eigenvalue weighted by Crippen LogP contribution is 2.25. The maximum absolute atomic E-state index is 5.95. The quantitative estimate of drug-likeness (QED) is 0.582. The van der Waals surface area contributed by atoms with Gasteiger partial charge in [-0.3, -0.25) is 0 Å². The Morgan fingerprint density at radius 3 is 1.47 bits per heavy atom. The Balaban J connectivity index is 4.63. The van der Waals surface area contributed by atoms with Crippen LogP contribution in [0.15, 0.2) is 0 Å². The summed E-state index contributed by atoms with van der Waals surface area (Å²) in [7, 11) is -2.59. The molecule has 0 aromatic heterocycles. The monoisotopic (exact) mass is 263 g/mol. The van der Waals surface area contributed by atoms with E-state index in [0.717, 1.165) is 19.3 Å². The zero-order valence-corrected chi connectivity index (χ0v) is 12.8. The summed E-state index contributed by atoms with van der Waals surface area (Å²) in [5, 5.41) is 0. The second-order valence-electron chi connectivity index (χ2n) is 4.29. The Labute approximate surface area is 107 Å². The van der Waals surface area contributed by atoms with Gasteiger partial charge in [-0.05, 0) is 25.8 Å². The van der Waals surface area contributed by atoms with E-state index in [1.807, 2.05) is 0 Å². The third-order valence-corrected chi connectivity index (χ3v) is 5.74. The van der Waals surface area contributed by atoms with E-state index in [0.29, 0.717) is 26.4 Å². The van der Waals surface area contributed by atoms with Gasteiger partial charge in [0.2, 0.25) is 0 Å².